The van der Waals surface area contributed by atoms with E-state index in [1.165, 1.54) is 7.11 Å². The molecule has 4 heteroatoms. The van der Waals surface area contributed by atoms with Crippen LogP contribution in [0.25, 0.3) is 0 Å². The Morgan fingerprint density at radius 1 is 1.30 bits per heavy atom. The van der Waals surface area contributed by atoms with Crippen LogP contribution in [0.4, 0.5) is 0 Å². The van der Waals surface area contributed by atoms with Crippen LogP contribution < -0.4 is 5.32 Å². The van der Waals surface area contributed by atoms with Gasteiger partial charge in [-0.25, -0.2) is 4.79 Å². The molecule has 0 fully saturated rings. The summed E-state index contributed by atoms with van der Waals surface area (Å²) in [6.45, 7) is 2.67. The van der Waals surface area contributed by atoms with Crippen molar-refractivity contribution in [2.45, 2.75) is 19.5 Å². The monoisotopic (exact) mass is 270 g/mol. The molecule has 0 amide bonds. The fourth-order valence-corrected chi connectivity index (χ4v) is 2.00. The fourth-order valence-electron chi connectivity index (χ4n) is 2.00. The van der Waals surface area contributed by atoms with E-state index in [9.17, 15) is 4.79 Å². The van der Waals surface area contributed by atoms with Gasteiger partial charge in [-0.2, -0.15) is 0 Å². The van der Waals surface area contributed by atoms with Gasteiger partial charge in [-0.3, -0.25) is 4.98 Å². The van der Waals surface area contributed by atoms with Crippen LogP contribution in [-0.4, -0.2) is 18.1 Å². The number of hydrogen-bond acceptors (Lipinski definition) is 4. The zero-order valence-corrected chi connectivity index (χ0v) is 11.7. The van der Waals surface area contributed by atoms with Crippen molar-refractivity contribution in [3.63, 3.8) is 0 Å². The van der Waals surface area contributed by atoms with Crippen molar-refractivity contribution in [2.75, 3.05) is 7.11 Å². The van der Waals surface area contributed by atoms with Crippen molar-refractivity contribution in [1.82, 2.24) is 10.3 Å². The molecule has 0 saturated heterocycles. The molecule has 4 nitrogen and oxygen atoms in total. The van der Waals surface area contributed by atoms with E-state index in [2.05, 4.69) is 17.2 Å². The fraction of sp³-hybridized carbons (Fsp3) is 0.250. The summed E-state index contributed by atoms with van der Waals surface area (Å²) < 4.78 is 4.79. The second-order valence-electron chi connectivity index (χ2n) is 4.54. The lowest BCUT2D eigenvalue weighted by molar-refractivity contribution is 0.0599. The van der Waals surface area contributed by atoms with Gasteiger partial charge in [0.25, 0.3) is 0 Å². The van der Waals surface area contributed by atoms with Gasteiger partial charge in [-0.1, -0.05) is 24.3 Å². The molecule has 0 aliphatic rings. The minimum Gasteiger partial charge on any atom is -0.465 e. The zero-order chi connectivity index (χ0) is 14.4. The Morgan fingerprint density at radius 2 is 2.10 bits per heavy atom. The molecule has 2 aromatic rings. The number of benzene rings is 1. The number of carbonyl (C=O) groups excluding carboxylic acids is 1. The van der Waals surface area contributed by atoms with Gasteiger partial charge >= 0.3 is 5.97 Å². The molecule has 0 bridgehead atoms. The second kappa shape index (κ2) is 6.82. The van der Waals surface area contributed by atoms with E-state index in [1.807, 2.05) is 36.5 Å². The Labute approximate surface area is 118 Å². The van der Waals surface area contributed by atoms with Crippen molar-refractivity contribution < 1.29 is 9.53 Å². The van der Waals surface area contributed by atoms with E-state index >= 15 is 0 Å². The number of carbonyl (C=O) groups is 1. The molecule has 1 N–H and O–H groups in total. The highest BCUT2D eigenvalue weighted by Crippen LogP contribution is 2.14. The summed E-state index contributed by atoms with van der Waals surface area (Å²) in [6.07, 6.45) is 3.59. The number of esters is 1. The molecule has 1 heterocycles. The molecule has 0 unspecified atom stereocenters. The quantitative estimate of drug-likeness (QED) is 0.849. The van der Waals surface area contributed by atoms with Crippen LogP contribution in [0.3, 0.4) is 0 Å². The van der Waals surface area contributed by atoms with E-state index in [-0.39, 0.29) is 12.0 Å². The third kappa shape index (κ3) is 3.42. The highest BCUT2D eigenvalue weighted by atomic mass is 16.5. The van der Waals surface area contributed by atoms with E-state index in [0.29, 0.717) is 12.1 Å². The molecule has 1 aromatic carbocycles. The van der Waals surface area contributed by atoms with Crippen LogP contribution in [-0.2, 0) is 11.3 Å². The van der Waals surface area contributed by atoms with Crippen LogP contribution in [0.5, 0.6) is 0 Å². The first-order chi connectivity index (χ1) is 9.72. The van der Waals surface area contributed by atoms with Crippen LogP contribution in [0, 0.1) is 0 Å². The van der Waals surface area contributed by atoms with Gasteiger partial charge in [0.15, 0.2) is 0 Å². The number of rotatable bonds is 5. The predicted molar refractivity (Wildman–Crippen MR) is 77.3 cm³/mol. The second-order valence-corrected chi connectivity index (χ2v) is 4.54. The molecule has 2 rings (SSSR count). The standard InChI is InChI=1S/C16H18N2O2/c1-12(13-7-5-9-17-10-13)18-11-14-6-3-4-8-15(14)16(19)20-2/h3-10,12,18H,11H2,1-2H3/t12-/m1/s1. The van der Waals surface area contributed by atoms with Crippen LogP contribution in [0.15, 0.2) is 48.8 Å². The molecule has 0 spiro atoms. The van der Waals surface area contributed by atoms with Gasteiger partial charge < -0.3 is 10.1 Å². The molecule has 0 saturated carbocycles. The maximum Gasteiger partial charge on any atom is 0.338 e. The number of nitrogens with one attached hydrogen (secondary N) is 1. The van der Waals surface area contributed by atoms with Gasteiger partial charge in [0, 0.05) is 25.0 Å². The Bertz CT molecular complexity index is 570. The summed E-state index contributed by atoms with van der Waals surface area (Å²) in [4.78, 5) is 15.8. The molecular formula is C16H18N2O2. The number of aromatic nitrogens is 1. The van der Waals surface area contributed by atoms with Gasteiger partial charge in [0.1, 0.15) is 0 Å². The van der Waals surface area contributed by atoms with Crippen molar-refractivity contribution in [3.8, 4) is 0 Å². The smallest absolute Gasteiger partial charge is 0.338 e. The molecular weight excluding hydrogens is 252 g/mol. The summed E-state index contributed by atoms with van der Waals surface area (Å²) in [5.74, 6) is -0.309. The van der Waals surface area contributed by atoms with Crippen molar-refractivity contribution in [2.24, 2.45) is 0 Å². The van der Waals surface area contributed by atoms with Crippen molar-refractivity contribution in [3.05, 3.63) is 65.5 Å². The first-order valence-electron chi connectivity index (χ1n) is 6.52. The number of ether oxygens (including phenoxy) is 1. The minimum atomic E-state index is -0.309. The molecule has 20 heavy (non-hydrogen) atoms. The van der Waals surface area contributed by atoms with E-state index < -0.39 is 0 Å². The highest BCUT2D eigenvalue weighted by Gasteiger charge is 2.12. The largest absolute Gasteiger partial charge is 0.465 e. The first-order valence-corrected chi connectivity index (χ1v) is 6.52. The topological polar surface area (TPSA) is 51.2 Å². The van der Waals surface area contributed by atoms with Gasteiger partial charge in [-0.05, 0) is 30.2 Å². The van der Waals surface area contributed by atoms with Crippen LogP contribution in [0.2, 0.25) is 0 Å². The number of pyridine rings is 1. The van der Waals surface area contributed by atoms with Crippen molar-refractivity contribution in [1.29, 1.82) is 0 Å². The number of hydrogen-bond donors (Lipinski definition) is 1. The van der Waals surface area contributed by atoms with Gasteiger partial charge in [-0.15, -0.1) is 0 Å². The summed E-state index contributed by atoms with van der Waals surface area (Å²) in [6, 6.07) is 11.5. The van der Waals surface area contributed by atoms with Crippen LogP contribution >= 0.6 is 0 Å². The van der Waals surface area contributed by atoms with Gasteiger partial charge in [0.05, 0.1) is 12.7 Å². The summed E-state index contributed by atoms with van der Waals surface area (Å²) >= 11 is 0. The molecule has 0 radical (unpaired) electrons. The SMILES string of the molecule is COC(=O)c1ccccc1CN[C@H](C)c1cccnc1. The lowest BCUT2D eigenvalue weighted by Crippen LogP contribution is -2.20. The maximum absolute atomic E-state index is 11.7. The Morgan fingerprint density at radius 3 is 2.80 bits per heavy atom. The summed E-state index contributed by atoms with van der Waals surface area (Å²) in [7, 11) is 1.39. The Hall–Kier alpha value is -2.20. The first kappa shape index (κ1) is 14.2. The average molecular weight is 270 g/mol. The zero-order valence-electron chi connectivity index (χ0n) is 11.7. The normalized spacial score (nSPS) is 11.9. The van der Waals surface area contributed by atoms with Gasteiger partial charge in [0.2, 0.25) is 0 Å². The molecule has 0 aliphatic heterocycles. The average Bonchev–Trinajstić information content (AvgIpc) is 2.53. The molecule has 0 aliphatic carbocycles. The maximum atomic E-state index is 11.7. The van der Waals surface area contributed by atoms with Crippen molar-refractivity contribution >= 4 is 5.97 Å². The molecule has 104 valence electrons. The third-order valence-corrected chi connectivity index (χ3v) is 3.21. The Kier molecular flexibility index (Phi) is 4.85. The van der Waals surface area contributed by atoms with E-state index in [1.54, 1.807) is 12.3 Å². The lowest BCUT2D eigenvalue weighted by Gasteiger charge is -2.15. The van der Waals surface area contributed by atoms with E-state index in [4.69, 9.17) is 4.74 Å². The molecule has 1 aromatic heterocycles. The molecule has 1 atom stereocenters. The summed E-state index contributed by atoms with van der Waals surface area (Å²) in [5, 5.41) is 3.39. The summed E-state index contributed by atoms with van der Waals surface area (Å²) in [5.41, 5.74) is 2.64. The third-order valence-electron chi connectivity index (χ3n) is 3.21. The van der Waals surface area contributed by atoms with Crippen LogP contribution in [0.1, 0.15) is 34.5 Å². The lowest BCUT2D eigenvalue weighted by atomic mass is 10.1. The number of methoxy groups -OCH3 is 1. The number of nitrogens with zero attached hydrogens (tertiary/aromatic N) is 1. The minimum absolute atomic E-state index is 0.161. The van der Waals surface area contributed by atoms with E-state index in [0.717, 1.165) is 11.1 Å². The Balaban J connectivity index is 2.06. The predicted octanol–water partition coefficient (Wildman–Crippen LogP) is 2.72. The highest BCUT2D eigenvalue weighted by molar-refractivity contribution is 5.90.